The van der Waals surface area contributed by atoms with Crippen LogP contribution in [0.1, 0.15) is 52.4 Å². The molecule has 1 aliphatic heterocycles. The van der Waals surface area contributed by atoms with Crippen LogP contribution >= 0.6 is 11.3 Å². The molecule has 0 spiro atoms. The lowest BCUT2D eigenvalue weighted by Crippen LogP contribution is -2.48. The van der Waals surface area contributed by atoms with E-state index in [9.17, 15) is 14.4 Å². The summed E-state index contributed by atoms with van der Waals surface area (Å²) >= 11 is 1.45. The average molecular weight is 398 g/mol. The van der Waals surface area contributed by atoms with Crippen LogP contribution in [0, 0.1) is 5.92 Å². The summed E-state index contributed by atoms with van der Waals surface area (Å²) in [6, 6.07) is 10.4. The topological polar surface area (TPSA) is 78.5 Å². The molecule has 4 rings (SSSR count). The highest BCUT2D eigenvalue weighted by Gasteiger charge is 2.52. The van der Waals surface area contributed by atoms with Crippen molar-refractivity contribution in [3.63, 3.8) is 0 Å². The molecule has 1 aromatic carbocycles. The van der Waals surface area contributed by atoms with Crippen molar-refractivity contribution in [1.82, 2.24) is 15.8 Å². The molecule has 0 bridgehead atoms. The zero-order valence-electron chi connectivity index (χ0n) is 16.0. The van der Waals surface area contributed by atoms with E-state index in [1.807, 2.05) is 43.3 Å². The van der Waals surface area contributed by atoms with Crippen LogP contribution in [-0.4, -0.2) is 22.9 Å². The second-order valence-electron chi connectivity index (χ2n) is 7.54. The van der Waals surface area contributed by atoms with Crippen molar-refractivity contribution in [3.05, 3.63) is 57.3 Å². The number of urea groups is 1. The predicted octanol–water partition coefficient (Wildman–Crippen LogP) is 3.38. The van der Waals surface area contributed by atoms with Gasteiger partial charge in [-0.3, -0.25) is 15.0 Å². The van der Waals surface area contributed by atoms with Crippen molar-refractivity contribution in [2.24, 2.45) is 5.92 Å². The quantitative estimate of drug-likeness (QED) is 0.777. The molecule has 0 radical (unpaired) electrons. The summed E-state index contributed by atoms with van der Waals surface area (Å²) in [6.45, 7) is 4.05. The van der Waals surface area contributed by atoms with Gasteiger partial charge in [0.05, 0.1) is 4.88 Å². The third kappa shape index (κ3) is 2.99. The molecule has 2 aliphatic rings. The van der Waals surface area contributed by atoms with Crippen LogP contribution < -0.4 is 10.7 Å². The molecule has 1 saturated heterocycles. The van der Waals surface area contributed by atoms with E-state index in [1.54, 1.807) is 0 Å². The van der Waals surface area contributed by atoms with Gasteiger partial charge in [-0.15, -0.1) is 11.3 Å². The van der Waals surface area contributed by atoms with Crippen LogP contribution in [0.3, 0.4) is 0 Å². The number of hydrazine groups is 1. The van der Waals surface area contributed by atoms with Crippen LogP contribution in [0.25, 0.3) is 0 Å². The lowest BCUT2D eigenvalue weighted by atomic mass is 9.87. The molecule has 0 unspecified atom stereocenters. The van der Waals surface area contributed by atoms with E-state index in [1.165, 1.54) is 21.8 Å². The maximum Gasteiger partial charge on any atom is 0.344 e. The Morgan fingerprint density at radius 2 is 2.07 bits per heavy atom. The number of hydrogen-bond acceptors (Lipinski definition) is 4. The molecule has 2 aromatic rings. The number of aryl methyl sites for hydroxylation is 1. The minimum Gasteiger partial charge on any atom is -0.318 e. The molecular formula is C21H23N3O3S. The van der Waals surface area contributed by atoms with Gasteiger partial charge in [-0.2, -0.15) is 5.01 Å². The van der Waals surface area contributed by atoms with E-state index < -0.39 is 23.4 Å². The van der Waals surface area contributed by atoms with Crippen LogP contribution in [0.4, 0.5) is 4.79 Å². The largest absolute Gasteiger partial charge is 0.344 e. The van der Waals surface area contributed by atoms with E-state index in [-0.39, 0.29) is 0 Å². The van der Waals surface area contributed by atoms with Gasteiger partial charge in [0, 0.05) is 4.88 Å². The van der Waals surface area contributed by atoms with Crippen LogP contribution in [0.5, 0.6) is 0 Å². The Hall–Kier alpha value is -2.67. The van der Waals surface area contributed by atoms with Crippen molar-refractivity contribution in [1.29, 1.82) is 0 Å². The maximum atomic E-state index is 13.1. The van der Waals surface area contributed by atoms with Gasteiger partial charge in [0.25, 0.3) is 11.8 Å². The average Bonchev–Trinajstić information content (AvgIpc) is 3.23. The molecule has 2 heterocycles. The fourth-order valence-electron chi connectivity index (χ4n) is 4.01. The number of amides is 4. The highest BCUT2D eigenvalue weighted by molar-refractivity contribution is 7.14. The van der Waals surface area contributed by atoms with Crippen molar-refractivity contribution >= 4 is 29.2 Å². The lowest BCUT2D eigenvalue weighted by molar-refractivity contribution is -0.133. The Morgan fingerprint density at radius 1 is 1.32 bits per heavy atom. The number of carbonyl (C=O) groups is 3. The van der Waals surface area contributed by atoms with Gasteiger partial charge in [-0.1, -0.05) is 44.2 Å². The second-order valence-corrected chi connectivity index (χ2v) is 8.68. The van der Waals surface area contributed by atoms with Gasteiger partial charge in [0.15, 0.2) is 0 Å². The van der Waals surface area contributed by atoms with Crippen LogP contribution in [0.2, 0.25) is 0 Å². The molecule has 0 saturated carbocycles. The smallest absolute Gasteiger partial charge is 0.318 e. The number of benzene rings is 1. The zero-order valence-corrected chi connectivity index (χ0v) is 16.8. The Balaban J connectivity index is 1.56. The van der Waals surface area contributed by atoms with Crippen LogP contribution in [-0.2, 0) is 23.2 Å². The van der Waals surface area contributed by atoms with Crippen molar-refractivity contribution in [2.75, 3.05) is 0 Å². The highest BCUT2D eigenvalue weighted by atomic mass is 32.1. The van der Waals surface area contributed by atoms with Crippen molar-refractivity contribution in [2.45, 2.75) is 45.1 Å². The maximum absolute atomic E-state index is 13.1. The predicted molar refractivity (Wildman–Crippen MR) is 107 cm³/mol. The van der Waals surface area contributed by atoms with E-state index in [0.717, 1.165) is 24.3 Å². The monoisotopic (exact) mass is 397 g/mol. The SMILES string of the molecule is CC[C@@]1(c2ccccc2)NC(=O)N(NC(=O)c2cc3c(s2)CC[C@@H](C)C3)C1=O. The van der Waals surface area contributed by atoms with Gasteiger partial charge in [-0.25, -0.2) is 4.79 Å². The second kappa shape index (κ2) is 7.05. The Kier molecular flexibility index (Phi) is 4.71. The Bertz CT molecular complexity index is 940. The number of imide groups is 1. The molecule has 7 heteroatoms. The lowest BCUT2D eigenvalue weighted by Gasteiger charge is -2.25. The summed E-state index contributed by atoms with van der Waals surface area (Å²) in [7, 11) is 0. The summed E-state index contributed by atoms with van der Waals surface area (Å²) in [5, 5.41) is 3.59. The van der Waals surface area contributed by atoms with E-state index in [0.29, 0.717) is 22.8 Å². The van der Waals surface area contributed by atoms with Gasteiger partial charge < -0.3 is 5.32 Å². The number of rotatable bonds is 4. The normalized spacial score (nSPS) is 24.1. The number of nitrogens with one attached hydrogen (secondary N) is 2. The first-order chi connectivity index (χ1) is 13.4. The summed E-state index contributed by atoms with van der Waals surface area (Å²) in [5.74, 6) is -0.273. The number of thiophene rings is 1. The number of carbonyl (C=O) groups excluding carboxylic acids is 3. The standard InChI is InChI=1S/C21H23N3O3S/c1-3-21(15-7-5-4-6-8-15)19(26)24(20(27)22-21)23-18(25)17-12-14-11-13(2)9-10-16(14)28-17/h4-8,12-13H,3,9-11H2,1-2H3,(H,22,27)(H,23,25)/t13-,21+/m1/s1. The van der Waals surface area contributed by atoms with Crippen molar-refractivity contribution in [3.8, 4) is 0 Å². The van der Waals surface area contributed by atoms with Gasteiger partial charge >= 0.3 is 6.03 Å². The van der Waals surface area contributed by atoms with E-state index in [4.69, 9.17) is 0 Å². The highest BCUT2D eigenvalue weighted by Crippen LogP contribution is 2.33. The summed E-state index contributed by atoms with van der Waals surface area (Å²) in [6.07, 6.45) is 3.45. The summed E-state index contributed by atoms with van der Waals surface area (Å²) in [4.78, 5) is 40.1. The fourth-order valence-corrected chi connectivity index (χ4v) is 5.11. The zero-order chi connectivity index (χ0) is 19.9. The molecule has 1 aliphatic carbocycles. The molecule has 2 N–H and O–H groups in total. The first-order valence-electron chi connectivity index (χ1n) is 9.59. The number of fused-ring (bicyclic) bond motifs is 1. The van der Waals surface area contributed by atoms with Crippen molar-refractivity contribution < 1.29 is 14.4 Å². The molecule has 146 valence electrons. The molecule has 4 amide bonds. The molecular weight excluding hydrogens is 374 g/mol. The van der Waals surface area contributed by atoms with Gasteiger partial charge in [0.1, 0.15) is 5.54 Å². The minimum absolute atomic E-state index is 0.388. The number of hydrogen-bond donors (Lipinski definition) is 2. The molecule has 28 heavy (non-hydrogen) atoms. The molecule has 1 fully saturated rings. The molecule has 2 atom stereocenters. The van der Waals surface area contributed by atoms with Gasteiger partial charge in [-0.05, 0) is 48.8 Å². The first-order valence-corrected chi connectivity index (χ1v) is 10.4. The van der Waals surface area contributed by atoms with E-state index >= 15 is 0 Å². The third-order valence-corrected chi connectivity index (χ3v) is 6.89. The first kappa shape index (κ1) is 18.7. The minimum atomic E-state index is -1.16. The summed E-state index contributed by atoms with van der Waals surface area (Å²) in [5.41, 5.74) is 3.27. The molecule has 6 nitrogen and oxygen atoms in total. The molecule has 1 aromatic heterocycles. The number of nitrogens with zero attached hydrogens (tertiary/aromatic N) is 1. The van der Waals surface area contributed by atoms with Gasteiger partial charge in [0.2, 0.25) is 0 Å². The Labute approximate surface area is 167 Å². The van der Waals surface area contributed by atoms with E-state index in [2.05, 4.69) is 17.7 Å². The fraction of sp³-hybridized carbons (Fsp3) is 0.381. The summed E-state index contributed by atoms with van der Waals surface area (Å²) < 4.78 is 0. The Morgan fingerprint density at radius 3 is 2.79 bits per heavy atom. The third-order valence-electron chi connectivity index (χ3n) is 5.65. The van der Waals surface area contributed by atoms with Crippen LogP contribution in [0.15, 0.2) is 36.4 Å².